The second kappa shape index (κ2) is 11.7. The molecule has 3 aliphatic rings. The molecule has 2 amide bonds. The van der Waals surface area contributed by atoms with Crippen LogP contribution >= 0.6 is 0 Å². The number of nitrogens with zero attached hydrogens (tertiary/aromatic N) is 3. The second-order valence-corrected chi connectivity index (χ2v) is 11.3. The summed E-state index contributed by atoms with van der Waals surface area (Å²) in [5, 5.41) is 3.05. The Bertz CT molecular complexity index is 1350. The molecule has 210 valence electrons. The molecule has 1 spiro atoms. The van der Waals surface area contributed by atoms with Gasteiger partial charge in [0.15, 0.2) is 0 Å². The number of allylic oxidation sites excluding steroid dienone is 1. The Labute approximate surface area is 236 Å². The summed E-state index contributed by atoms with van der Waals surface area (Å²) in [7, 11) is 5.58. The van der Waals surface area contributed by atoms with Gasteiger partial charge in [-0.15, -0.1) is 0 Å². The SMILES string of the molecule is COc1cc(C(=O)N2CCC3(C=C(C(=O)NCCN(C)C)CC3)Cc3ccccc32)ccc1N1C=CC(C=O)C1. The number of anilines is 2. The molecule has 5 rings (SSSR count). The van der Waals surface area contributed by atoms with E-state index in [4.69, 9.17) is 4.74 Å². The summed E-state index contributed by atoms with van der Waals surface area (Å²) < 4.78 is 5.67. The highest BCUT2D eigenvalue weighted by molar-refractivity contribution is 6.07. The van der Waals surface area contributed by atoms with E-state index >= 15 is 0 Å². The molecular weight excluding hydrogens is 504 g/mol. The van der Waals surface area contributed by atoms with Crippen molar-refractivity contribution in [3.05, 3.63) is 77.5 Å². The zero-order valence-electron chi connectivity index (χ0n) is 23.6. The van der Waals surface area contributed by atoms with Gasteiger partial charge in [-0.3, -0.25) is 9.59 Å². The maximum atomic E-state index is 14.0. The zero-order valence-corrected chi connectivity index (χ0v) is 23.6. The molecule has 0 fully saturated rings. The first-order chi connectivity index (χ1) is 19.3. The van der Waals surface area contributed by atoms with Gasteiger partial charge in [-0.25, -0.2) is 0 Å². The quantitative estimate of drug-likeness (QED) is 0.511. The second-order valence-electron chi connectivity index (χ2n) is 11.3. The summed E-state index contributed by atoms with van der Waals surface area (Å²) in [5.41, 5.74) is 4.10. The van der Waals surface area contributed by atoms with Crippen molar-refractivity contribution in [2.45, 2.75) is 25.7 Å². The van der Waals surface area contributed by atoms with Gasteiger partial charge in [-0.2, -0.15) is 0 Å². The van der Waals surface area contributed by atoms with Crippen LogP contribution in [0.4, 0.5) is 11.4 Å². The summed E-state index contributed by atoms with van der Waals surface area (Å²) in [4.78, 5) is 43.9. The van der Waals surface area contributed by atoms with E-state index in [0.717, 1.165) is 61.0 Å². The summed E-state index contributed by atoms with van der Waals surface area (Å²) in [6, 6.07) is 13.6. The standard InChI is InChI=1S/C32H38N4O4/c1-34(2)17-14-33-30(38)26-10-12-32(20-26)13-16-36(27-7-5-4-6-25(27)19-32)31(39)24-8-9-28(29(18-24)40-3)35-15-11-23(21-35)22-37/h4-9,11,15,18,20,22-23H,10,12-14,16-17,19,21H2,1-3H3,(H,33,38). The number of methoxy groups -OCH3 is 1. The number of likely N-dealkylation sites (N-methyl/N-ethyl adjacent to an activating group) is 1. The van der Waals surface area contributed by atoms with Crippen LogP contribution in [-0.4, -0.2) is 70.4 Å². The third-order valence-electron chi connectivity index (χ3n) is 8.24. The minimum atomic E-state index is -0.155. The maximum absolute atomic E-state index is 14.0. The van der Waals surface area contributed by atoms with Crippen molar-refractivity contribution in [2.75, 3.05) is 57.2 Å². The number of aldehydes is 1. The lowest BCUT2D eigenvalue weighted by atomic mass is 9.79. The van der Waals surface area contributed by atoms with Crippen molar-refractivity contribution < 1.29 is 19.1 Å². The molecule has 2 aliphatic heterocycles. The Morgan fingerprint density at radius 2 is 1.98 bits per heavy atom. The molecule has 2 atom stereocenters. The van der Waals surface area contributed by atoms with E-state index in [9.17, 15) is 14.4 Å². The van der Waals surface area contributed by atoms with E-state index in [1.807, 2.05) is 71.4 Å². The summed E-state index contributed by atoms with van der Waals surface area (Å²) in [5.74, 6) is 0.371. The smallest absolute Gasteiger partial charge is 0.258 e. The van der Waals surface area contributed by atoms with Gasteiger partial charge in [-0.1, -0.05) is 30.4 Å². The number of para-hydroxylation sites is 1. The molecule has 40 heavy (non-hydrogen) atoms. The van der Waals surface area contributed by atoms with Crippen LogP contribution in [0.3, 0.4) is 0 Å². The van der Waals surface area contributed by atoms with E-state index in [1.54, 1.807) is 13.2 Å². The first-order valence-corrected chi connectivity index (χ1v) is 14.0. The molecule has 0 saturated carbocycles. The minimum absolute atomic E-state index is 0.0173. The molecular formula is C32H38N4O4. The van der Waals surface area contributed by atoms with Crippen LogP contribution in [0, 0.1) is 11.3 Å². The predicted octanol–water partition coefficient (Wildman–Crippen LogP) is 3.82. The molecule has 0 radical (unpaired) electrons. The van der Waals surface area contributed by atoms with E-state index in [1.165, 1.54) is 0 Å². The van der Waals surface area contributed by atoms with Crippen molar-refractivity contribution in [2.24, 2.45) is 11.3 Å². The van der Waals surface area contributed by atoms with Gasteiger partial charge in [-0.05, 0) is 75.0 Å². The molecule has 0 saturated heterocycles. The van der Waals surface area contributed by atoms with Crippen LogP contribution in [0.15, 0.2) is 66.4 Å². The fraction of sp³-hybridized carbons (Fsp3) is 0.406. The van der Waals surface area contributed by atoms with Gasteiger partial charge in [0.25, 0.3) is 5.91 Å². The van der Waals surface area contributed by atoms with Crippen LogP contribution < -0.4 is 19.9 Å². The first kappa shape index (κ1) is 27.6. The van der Waals surface area contributed by atoms with E-state index in [0.29, 0.717) is 30.9 Å². The normalized spacial score (nSPS) is 21.8. The molecule has 2 heterocycles. The van der Waals surface area contributed by atoms with Crippen LogP contribution in [0.5, 0.6) is 5.75 Å². The van der Waals surface area contributed by atoms with Crippen molar-refractivity contribution in [3.63, 3.8) is 0 Å². The van der Waals surface area contributed by atoms with E-state index < -0.39 is 0 Å². The van der Waals surface area contributed by atoms with Crippen molar-refractivity contribution in [1.29, 1.82) is 0 Å². The van der Waals surface area contributed by atoms with Crippen molar-refractivity contribution in [1.82, 2.24) is 10.2 Å². The molecule has 1 aliphatic carbocycles. The average Bonchev–Trinajstić information content (AvgIpc) is 3.57. The van der Waals surface area contributed by atoms with Crippen LogP contribution in [0.1, 0.15) is 35.2 Å². The molecule has 0 bridgehead atoms. The van der Waals surface area contributed by atoms with E-state index in [-0.39, 0.29) is 23.1 Å². The number of carbonyl (C=O) groups excluding carboxylic acids is 3. The molecule has 2 aromatic carbocycles. The summed E-state index contributed by atoms with van der Waals surface area (Å²) in [6.45, 7) is 2.53. The van der Waals surface area contributed by atoms with Gasteiger partial charge in [0.05, 0.1) is 18.7 Å². The molecule has 1 N–H and O–H groups in total. The number of hydrogen-bond donors (Lipinski definition) is 1. The van der Waals surface area contributed by atoms with Crippen LogP contribution in [-0.2, 0) is 16.0 Å². The lowest BCUT2D eigenvalue weighted by Crippen LogP contribution is -2.33. The number of amides is 2. The van der Waals surface area contributed by atoms with Crippen LogP contribution in [0.2, 0.25) is 0 Å². The number of ether oxygens (including phenoxy) is 1. The lowest BCUT2D eigenvalue weighted by molar-refractivity contribution is -0.117. The van der Waals surface area contributed by atoms with Crippen molar-refractivity contribution >= 4 is 29.5 Å². The average molecular weight is 543 g/mol. The van der Waals surface area contributed by atoms with Gasteiger partial charge >= 0.3 is 0 Å². The largest absolute Gasteiger partial charge is 0.495 e. The Kier molecular flexibility index (Phi) is 8.07. The highest BCUT2D eigenvalue weighted by atomic mass is 16.5. The van der Waals surface area contributed by atoms with Crippen LogP contribution in [0.25, 0.3) is 0 Å². The number of benzene rings is 2. The minimum Gasteiger partial charge on any atom is -0.495 e. The van der Waals surface area contributed by atoms with Gasteiger partial charge in [0, 0.05) is 49.2 Å². The number of fused-ring (bicyclic) bond motifs is 1. The summed E-state index contributed by atoms with van der Waals surface area (Å²) in [6.07, 6.45) is 10.1. The number of carbonyl (C=O) groups is 3. The Morgan fingerprint density at radius 3 is 2.73 bits per heavy atom. The third kappa shape index (κ3) is 5.68. The molecule has 2 aromatic rings. The van der Waals surface area contributed by atoms with Gasteiger partial charge < -0.3 is 29.5 Å². The fourth-order valence-corrected chi connectivity index (χ4v) is 6.01. The molecule has 8 heteroatoms. The number of nitrogens with one attached hydrogen (secondary N) is 1. The Hall–Kier alpha value is -3.91. The topological polar surface area (TPSA) is 82.2 Å². The first-order valence-electron chi connectivity index (χ1n) is 14.0. The monoisotopic (exact) mass is 542 g/mol. The molecule has 0 aromatic heterocycles. The maximum Gasteiger partial charge on any atom is 0.258 e. The number of hydrogen-bond acceptors (Lipinski definition) is 6. The van der Waals surface area contributed by atoms with Gasteiger partial charge in [0.1, 0.15) is 12.0 Å². The highest BCUT2D eigenvalue weighted by Gasteiger charge is 2.39. The fourth-order valence-electron chi connectivity index (χ4n) is 6.01. The van der Waals surface area contributed by atoms with Gasteiger partial charge in [0.2, 0.25) is 5.91 Å². The molecule has 2 unspecified atom stereocenters. The Morgan fingerprint density at radius 1 is 1.15 bits per heavy atom. The Balaban J connectivity index is 1.37. The summed E-state index contributed by atoms with van der Waals surface area (Å²) >= 11 is 0. The number of rotatable bonds is 8. The van der Waals surface area contributed by atoms with Crippen molar-refractivity contribution in [3.8, 4) is 5.75 Å². The lowest BCUT2D eigenvalue weighted by Gasteiger charge is -2.26. The highest BCUT2D eigenvalue weighted by Crippen LogP contribution is 2.46. The molecule has 8 nitrogen and oxygen atoms in total. The third-order valence-corrected chi connectivity index (χ3v) is 8.24. The van der Waals surface area contributed by atoms with E-state index in [2.05, 4.69) is 17.5 Å². The zero-order chi connectivity index (χ0) is 28.3. The predicted molar refractivity (Wildman–Crippen MR) is 157 cm³/mol.